The Balaban J connectivity index is 3.19. The minimum atomic E-state index is 0.626. The summed E-state index contributed by atoms with van der Waals surface area (Å²) >= 11 is 4.53. The molecule has 1 aromatic rings. The third-order valence-electron chi connectivity index (χ3n) is 1.30. The summed E-state index contributed by atoms with van der Waals surface area (Å²) in [6.07, 6.45) is 0. The summed E-state index contributed by atoms with van der Waals surface area (Å²) in [5.74, 6) is 0. The molecule has 1 N–H and O–H groups in total. The molecule has 1 aromatic carbocycles. The lowest BCUT2D eigenvalue weighted by Gasteiger charge is -1.99. The van der Waals surface area contributed by atoms with E-state index in [9.17, 15) is 0 Å². The van der Waals surface area contributed by atoms with Crippen LogP contribution in [0.25, 0.3) is 0 Å². The van der Waals surface area contributed by atoms with Gasteiger partial charge in [-0.1, -0.05) is 0 Å². The molecule has 1 rings (SSSR count). The summed E-state index contributed by atoms with van der Waals surface area (Å²) in [5.41, 5.74) is 1.64. The first kappa shape index (κ1) is 9.44. The van der Waals surface area contributed by atoms with Crippen LogP contribution in [0, 0.1) is 12.5 Å². The molecule has 1 nitrogen and oxygen atoms in total. The molecule has 0 radical (unpaired) electrons. The zero-order valence-electron chi connectivity index (χ0n) is 5.99. The van der Waals surface area contributed by atoms with Crippen LogP contribution in [0.15, 0.2) is 18.2 Å². The van der Waals surface area contributed by atoms with Crippen molar-refractivity contribution < 1.29 is 0 Å². The van der Waals surface area contributed by atoms with Gasteiger partial charge in [0, 0.05) is 12.9 Å². The minimum Gasteiger partial charge on any atom is -0.305 e. The van der Waals surface area contributed by atoms with Crippen molar-refractivity contribution in [2.75, 3.05) is 0 Å². The van der Waals surface area contributed by atoms with Gasteiger partial charge in [0.15, 0.2) is 0 Å². The topological polar surface area (TPSA) is 23.9 Å². The molecule has 0 heterocycles. The van der Waals surface area contributed by atoms with Crippen LogP contribution in [-0.2, 0) is 0 Å². The Morgan fingerprint density at radius 1 is 1.18 bits per heavy atom. The quantitative estimate of drug-likeness (QED) is 0.579. The van der Waals surface area contributed by atoms with E-state index in [1.807, 2.05) is 19.1 Å². The lowest BCUT2D eigenvalue weighted by molar-refractivity contribution is 1.44. The SMILES string of the molecule is CC(=N)c1cc(I)cc(I)c1. The zero-order valence-corrected chi connectivity index (χ0v) is 10.3. The van der Waals surface area contributed by atoms with E-state index in [1.54, 1.807) is 0 Å². The van der Waals surface area contributed by atoms with Crippen LogP contribution in [0.1, 0.15) is 12.5 Å². The van der Waals surface area contributed by atoms with E-state index >= 15 is 0 Å². The number of rotatable bonds is 1. The average molecular weight is 371 g/mol. The Labute approximate surface area is 93.4 Å². The summed E-state index contributed by atoms with van der Waals surface area (Å²) < 4.78 is 2.38. The van der Waals surface area contributed by atoms with E-state index in [4.69, 9.17) is 5.41 Å². The fraction of sp³-hybridized carbons (Fsp3) is 0.125. The van der Waals surface area contributed by atoms with Gasteiger partial charge in [0.25, 0.3) is 0 Å². The predicted molar refractivity (Wildman–Crippen MR) is 64.4 cm³/mol. The highest BCUT2D eigenvalue weighted by Gasteiger charge is 1.97. The molecule has 0 aliphatic carbocycles. The highest BCUT2D eigenvalue weighted by Crippen LogP contribution is 2.14. The highest BCUT2D eigenvalue weighted by atomic mass is 127. The van der Waals surface area contributed by atoms with Gasteiger partial charge in [0.1, 0.15) is 0 Å². The summed E-state index contributed by atoms with van der Waals surface area (Å²) in [6, 6.07) is 6.13. The van der Waals surface area contributed by atoms with Crippen LogP contribution in [0.4, 0.5) is 0 Å². The molecule has 11 heavy (non-hydrogen) atoms. The molecule has 0 aliphatic heterocycles. The molecular weight excluding hydrogens is 364 g/mol. The largest absolute Gasteiger partial charge is 0.305 e. The summed E-state index contributed by atoms with van der Waals surface area (Å²) in [7, 11) is 0. The molecule has 58 valence electrons. The Kier molecular flexibility index (Phi) is 3.29. The summed E-state index contributed by atoms with van der Waals surface area (Å²) in [6.45, 7) is 1.81. The third kappa shape index (κ3) is 2.70. The first-order valence-corrected chi connectivity index (χ1v) is 5.27. The van der Waals surface area contributed by atoms with Gasteiger partial charge >= 0.3 is 0 Å². The van der Waals surface area contributed by atoms with Gasteiger partial charge in [-0.25, -0.2) is 0 Å². The minimum absolute atomic E-state index is 0.626. The van der Waals surface area contributed by atoms with E-state index in [0.717, 1.165) is 5.56 Å². The number of hydrogen-bond donors (Lipinski definition) is 1. The maximum atomic E-state index is 7.42. The van der Waals surface area contributed by atoms with Crippen molar-refractivity contribution in [3.05, 3.63) is 30.9 Å². The number of benzene rings is 1. The normalized spacial score (nSPS) is 9.73. The van der Waals surface area contributed by atoms with E-state index in [0.29, 0.717) is 5.71 Å². The molecule has 0 atom stereocenters. The molecule has 0 bridgehead atoms. The molecule has 0 unspecified atom stereocenters. The van der Waals surface area contributed by atoms with Gasteiger partial charge in [0.05, 0.1) is 0 Å². The summed E-state index contributed by atoms with van der Waals surface area (Å²) in [4.78, 5) is 0. The van der Waals surface area contributed by atoms with Gasteiger partial charge < -0.3 is 5.41 Å². The average Bonchev–Trinajstić information content (AvgIpc) is 1.85. The second-order valence-corrected chi connectivity index (χ2v) is 4.77. The maximum absolute atomic E-state index is 7.42. The van der Waals surface area contributed by atoms with Gasteiger partial charge in [-0.2, -0.15) is 0 Å². The van der Waals surface area contributed by atoms with Crippen molar-refractivity contribution in [3.8, 4) is 0 Å². The Morgan fingerprint density at radius 2 is 1.64 bits per heavy atom. The zero-order chi connectivity index (χ0) is 8.43. The molecule has 0 fully saturated rings. The standard InChI is InChI=1S/C8H7I2N/c1-5(11)6-2-7(9)4-8(10)3-6/h2-4,11H,1H3. The van der Waals surface area contributed by atoms with Crippen molar-refractivity contribution >= 4 is 50.9 Å². The van der Waals surface area contributed by atoms with Gasteiger partial charge in [-0.15, -0.1) is 0 Å². The number of halogens is 2. The predicted octanol–water partition coefficient (Wildman–Crippen LogP) is 3.28. The van der Waals surface area contributed by atoms with Crippen molar-refractivity contribution in [1.29, 1.82) is 5.41 Å². The monoisotopic (exact) mass is 371 g/mol. The molecule has 0 saturated heterocycles. The molecule has 0 spiro atoms. The molecule has 0 amide bonds. The Hall–Kier alpha value is 0.350. The number of hydrogen-bond acceptors (Lipinski definition) is 1. The molecule has 0 saturated carbocycles. The van der Waals surface area contributed by atoms with E-state index in [1.165, 1.54) is 7.14 Å². The van der Waals surface area contributed by atoms with Crippen molar-refractivity contribution in [3.63, 3.8) is 0 Å². The van der Waals surface area contributed by atoms with Crippen molar-refractivity contribution in [1.82, 2.24) is 0 Å². The maximum Gasteiger partial charge on any atom is 0.0355 e. The first-order chi connectivity index (χ1) is 5.09. The van der Waals surface area contributed by atoms with Gasteiger partial charge in [-0.05, 0) is 75.9 Å². The van der Waals surface area contributed by atoms with Crippen molar-refractivity contribution in [2.24, 2.45) is 0 Å². The van der Waals surface area contributed by atoms with Crippen LogP contribution in [-0.4, -0.2) is 5.71 Å². The van der Waals surface area contributed by atoms with E-state index in [2.05, 4.69) is 51.2 Å². The lowest BCUT2D eigenvalue weighted by atomic mass is 10.1. The smallest absolute Gasteiger partial charge is 0.0355 e. The molecular formula is C8H7I2N. The van der Waals surface area contributed by atoms with E-state index in [-0.39, 0.29) is 0 Å². The lowest BCUT2D eigenvalue weighted by Crippen LogP contribution is -1.93. The fourth-order valence-corrected chi connectivity index (χ4v) is 2.71. The Morgan fingerprint density at radius 3 is 2.00 bits per heavy atom. The third-order valence-corrected chi connectivity index (χ3v) is 2.54. The summed E-state index contributed by atoms with van der Waals surface area (Å²) in [5, 5.41) is 7.42. The van der Waals surface area contributed by atoms with Crippen LogP contribution in [0.2, 0.25) is 0 Å². The van der Waals surface area contributed by atoms with E-state index < -0.39 is 0 Å². The van der Waals surface area contributed by atoms with Crippen molar-refractivity contribution in [2.45, 2.75) is 6.92 Å². The van der Waals surface area contributed by atoms with Crippen LogP contribution in [0.5, 0.6) is 0 Å². The second kappa shape index (κ2) is 3.84. The van der Waals surface area contributed by atoms with Crippen LogP contribution in [0.3, 0.4) is 0 Å². The highest BCUT2D eigenvalue weighted by molar-refractivity contribution is 14.1. The van der Waals surface area contributed by atoms with Crippen LogP contribution < -0.4 is 0 Å². The molecule has 0 aromatic heterocycles. The van der Waals surface area contributed by atoms with Gasteiger partial charge in [0.2, 0.25) is 0 Å². The number of nitrogens with one attached hydrogen (secondary N) is 1. The van der Waals surface area contributed by atoms with Gasteiger partial charge in [-0.3, -0.25) is 0 Å². The molecule has 0 aliphatic rings. The Bertz CT molecular complexity index is 274. The fourth-order valence-electron chi connectivity index (χ4n) is 0.770. The second-order valence-electron chi connectivity index (χ2n) is 2.28. The first-order valence-electron chi connectivity index (χ1n) is 3.11. The van der Waals surface area contributed by atoms with Crippen LogP contribution >= 0.6 is 45.2 Å². The molecule has 3 heteroatoms.